The van der Waals surface area contributed by atoms with Crippen LogP contribution < -0.4 is 0 Å². The zero-order valence-corrected chi connectivity index (χ0v) is 12.7. The van der Waals surface area contributed by atoms with Crippen molar-refractivity contribution in [2.24, 2.45) is 0 Å². The molecule has 10 radical (unpaired) electrons. The number of halogens is 2. The van der Waals surface area contributed by atoms with Gasteiger partial charge in [0.15, 0.2) is 0 Å². The quantitative estimate of drug-likeness (QED) is 0.600. The Balaban J connectivity index is 0.000000174. The maximum absolute atomic E-state index is 3.23. The Morgan fingerprint density at radius 2 is 0.538 bits per heavy atom. The minimum atomic E-state index is -0.145. The van der Waals surface area contributed by atoms with E-state index in [1.165, 1.54) is 0 Å². The van der Waals surface area contributed by atoms with E-state index in [9.17, 15) is 0 Å². The zero-order valence-electron chi connectivity index (χ0n) is 7.03. The summed E-state index contributed by atoms with van der Waals surface area (Å²) in [6.45, 7) is 0. The van der Waals surface area contributed by atoms with E-state index in [0.717, 1.165) is 0 Å². The average Bonchev–Trinajstić information content (AvgIpc) is 2.85. The molecule has 0 aromatic heterocycles. The van der Waals surface area contributed by atoms with Crippen molar-refractivity contribution < 1.29 is 18.5 Å². The van der Waals surface area contributed by atoms with Crippen LogP contribution in [0.2, 0.25) is 0 Å². The van der Waals surface area contributed by atoms with E-state index in [0.29, 0.717) is 0 Å². The summed E-state index contributed by atoms with van der Waals surface area (Å²) < 4.78 is 0. The topological polar surface area (TPSA) is 0 Å². The maximum atomic E-state index is 3.23. The van der Waals surface area contributed by atoms with Crippen LogP contribution in [-0.4, -0.2) is 0 Å². The van der Waals surface area contributed by atoms with E-state index >= 15 is 0 Å². The SMILES string of the molecule is [Br][Zr][Br].[CH]1[CH][CH][CH][CH]1.[CH]1[CH][CH][CH][CH]1. The number of hydrogen-bond donors (Lipinski definition) is 0. The van der Waals surface area contributed by atoms with Gasteiger partial charge in [0.1, 0.15) is 0 Å². The van der Waals surface area contributed by atoms with Crippen LogP contribution >= 0.6 is 24.4 Å². The first-order valence-corrected chi connectivity index (χ1v) is 15.0. The fourth-order valence-electron chi connectivity index (χ4n) is 0.642. The molecule has 0 spiro atoms. The molecule has 2 saturated carbocycles. The summed E-state index contributed by atoms with van der Waals surface area (Å²) in [6, 6.07) is 0. The standard InChI is InChI=1S/2C5H5.2BrH.Zr/c2*1-2-4-5-3-1;;;/h2*1-5H;2*1H;/q;;;;+2/p-2. The van der Waals surface area contributed by atoms with E-state index < -0.39 is 0 Å². The monoisotopic (exact) mass is 378 g/mol. The van der Waals surface area contributed by atoms with Crippen LogP contribution in [0.4, 0.5) is 0 Å². The van der Waals surface area contributed by atoms with Gasteiger partial charge in [0, 0.05) is 0 Å². The third kappa shape index (κ3) is 13.8. The minimum absolute atomic E-state index is 0.145. The van der Waals surface area contributed by atoms with Gasteiger partial charge in [-0.05, 0) is 64.2 Å². The van der Waals surface area contributed by atoms with Crippen molar-refractivity contribution in [3.63, 3.8) is 0 Å². The van der Waals surface area contributed by atoms with E-state index in [1.807, 2.05) is 64.2 Å². The summed E-state index contributed by atoms with van der Waals surface area (Å²) in [5.74, 6) is 0. The Labute approximate surface area is 106 Å². The Hall–Kier alpha value is 1.84. The van der Waals surface area contributed by atoms with Crippen LogP contribution in [-0.2, 0) is 18.5 Å². The average molecular weight is 381 g/mol. The molecule has 2 fully saturated rings. The molecule has 2 aliphatic rings. The third-order valence-electron chi connectivity index (χ3n) is 1.11. The molecule has 0 nitrogen and oxygen atoms in total. The normalized spacial score (nSPS) is 19.5. The summed E-state index contributed by atoms with van der Waals surface area (Å²) in [7, 11) is 0. The fraction of sp³-hybridized carbons (Fsp3) is 0. The van der Waals surface area contributed by atoms with Gasteiger partial charge in [0.05, 0.1) is 0 Å². The van der Waals surface area contributed by atoms with Crippen molar-refractivity contribution in [2.75, 3.05) is 0 Å². The maximum Gasteiger partial charge on any atom is -0.0312 e. The molecule has 2 aliphatic carbocycles. The van der Waals surface area contributed by atoms with Crippen LogP contribution in [0.5, 0.6) is 0 Å². The van der Waals surface area contributed by atoms with Gasteiger partial charge < -0.3 is 0 Å². The number of rotatable bonds is 0. The molecule has 68 valence electrons. The molecule has 0 heterocycles. The second-order valence-electron chi connectivity index (χ2n) is 2.00. The van der Waals surface area contributed by atoms with Crippen molar-refractivity contribution in [1.82, 2.24) is 0 Å². The Morgan fingerprint density at radius 3 is 0.615 bits per heavy atom. The van der Waals surface area contributed by atoms with Gasteiger partial charge in [-0.1, -0.05) is 0 Å². The van der Waals surface area contributed by atoms with Gasteiger partial charge in [-0.15, -0.1) is 0 Å². The van der Waals surface area contributed by atoms with E-state index in [-0.39, 0.29) is 18.5 Å². The Bertz CT molecular complexity index is 55.8. The first kappa shape index (κ1) is 14.8. The second kappa shape index (κ2) is 13.8. The zero-order chi connectivity index (χ0) is 9.78. The molecular weight excluding hydrogens is 371 g/mol. The van der Waals surface area contributed by atoms with Gasteiger partial charge >= 0.3 is 43.0 Å². The molecule has 0 aliphatic heterocycles. The van der Waals surface area contributed by atoms with E-state index in [2.05, 4.69) is 24.4 Å². The second-order valence-corrected chi connectivity index (χ2v) is 13.3. The number of hydrogen-bond acceptors (Lipinski definition) is 0. The van der Waals surface area contributed by atoms with Crippen LogP contribution in [0.25, 0.3) is 0 Å². The van der Waals surface area contributed by atoms with E-state index in [4.69, 9.17) is 0 Å². The van der Waals surface area contributed by atoms with Gasteiger partial charge in [-0.2, -0.15) is 0 Å². The van der Waals surface area contributed by atoms with Crippen molar-refractivity contribution >= 4 is 24.4 Å². The first-order chi connectivity index (χ1) is 6.41. The van der Waals surface area contributed by atoms with Gasteiger partial charge in [-0.25, -0.2) is 0 Å². The van der Waals surface area contributed by atoms with Gasteiger partial charge in [0.2, 0.25) is 0 Å². The third-order valence-corrected chi connectivity index (χ3v) is 1.11. The van der Waals surface area contributed by atoms with Crippen LogP contribution in [0, 0.1) is 64.2 Å². The molecule has 0 aromatic carbocycles. The predicted octanol–water partition coefficient (Wildman–Crippen LogP) is 3.73. The molecule has 0 aromatic rings. The van der Waals surface area contributed by atoms with Crippen LogP contribution in [0.15, 0.2) is 0 Å². The summed E-state index contributed by atoms with van der Waals surface area (Å²) in [6.07, 6.45) is 20.0. The molecule has 0 unspecified atom stereocenters. The van der Waals surface area contributed by atoms with E-state index in [1.54, 1.807) is 0 Å². The van der Waals surface area contributed by atoms with Crippen LogP contribution in [0.3, 0.4) is 0 Å². The fourth-order valence-corrected chi connectivity index (χ4v) is 0.642. The smallest absolute Gasteiger partial charge is 0.0312 e. The molecular formula is C10H10Br2Zr. The summed E-state index contributed by atoms with van der Waals surface area (Å²) in [4.78, 5) is 0. The Morgan fingerprint density at radius 1 is 0.462 bits per heavy atom. The molecule has 0 saturated heterocycles. The van der Waals surface area contributed by atoms with Gasteiger partial charge in [-0.3, -0.25) is 0 Å². The summed E-state index contributed by atoms with van der Waals surface area (Å²) >= 11 is 6.32. The molecule has 0 amide bonds. The largest absolute Gasteiger partial charge is 0.0312 e. The molecule has 0 bridgehead atoms. The van der Waals surface area contributed by atoms with Crippen molar-refractivity contribution in [1.29, 1.82) is 0 Å². The van der Waals surface area contributed by atoms with Crippen molar-refractivity contribution in [3.05, 3.63) is 64.2 Å². The molecule has 0 N–H and O–H groups in total. The predicted molar refractivity (Wildman–Crippen MR) is 60.9 cm³/mol. The Kier molecular flexibility index (Phi) is 15.8. The van der Waals surface area contributed by atoms with Crippen molar-refractivity contribution in [3.8, 4) is 0 Å². The summed E-state index contributed by atoms with van der Waals surface area (Å²) in [5, 5.41) is 0. The molecule has 3 heteroatoms. The van der Waals surface area contributed by atoms with Gasteiger partial charge in [0.25, 0.3) is 0 Å². The van der Waals surface area contributed by atoms with Crippen LogP contribution in [0.1, 0.15) is 0 Å². The van der Waals surface area contributed by atoms with Crippen molar-refractivity contribution in [2.45, 2.75) is 0 Å². The summed E-state index contributed by atoms with van der Waals surface area (Å²) in [5.41, 5.74) is 0. The first-order valence-electron chi connectivity index (χ1n) is 3.71. The molecule has 0 atom stereocenters. The molecule has 2 rings (SSSR count). The minimum Gasteiger partial charge on any atom is -0.0312 e. The molecule has 13 heavy (non-hydrogen) atoms.